The summed E-state index contributed by atoms with van der Waals surface area (Å²) in [7, 11) is 0. The highest BCUT2D eigenvalue weighted by atomic mass is 16.5. The van der Waals surface area contributed by atoms with Gasteiger partial charge in [0.1, 0.15) is 26.4 Å². The second-order valence-corrected chi connectivity index (χ2v) is 8.88. The quantitative estimate of drug-likeness (QED) is 0.114. The fourth-order valence-corrected chi connectivity index (χ4v) is 3.74. The zero-order valence-electron chi connectivity index (χ0n) is 25.0. The highest BCUT2D eigenvalue weighted by Crippen LogP contribution is 2.40. The molecular weight excluding hydrogens is 556 g/mol. The number of ketones is 2. The number of allylic oxidation sites excluding steroid dienone is 2. The van der Waals surface area contributed by atoms with Crippen LogP contribution in [0.5, 0.6) is 34.5 Å². The summed E-state index contributed by atoms with van der Waals surface area (Å²) in [4.78, 5) is 25.3. The standard InChI is InChI=1S/C31H44N4O8/c1-3-38-26-17-22(18-27(40-13-9-32)30(26)39-4-2)5-7-24(36)21-25(37)8-6-23-19-28(41-14-10-33)31(43-16-12-35)29(20-23)42-15-11-34/h5-8,17-20H,3-4,9-16,21,32-35H2,1-2H3/b7-5+,8-6+. The zero-order chi connectivity index (χ0) is 31.5. The minimum absolute atomic E-state index is 0.239. The monoisotopic (exact) mass is 600 g/mol. The first-order chi connectivity index (χ1) is 20.9. The molecule has 0 fully saturated rings. The van der Waals surface area contributed by atoms with Crippen molar-refractivity contribution in [2.45, 2.75) is 20.3 Å². The molecule has 2 aromatic carbocycles. The van der Waals surface area contributed by atoms with Crippen molar-refractivity contribution >= 4 is 23.7 Å². The predicted octanol–water partition coefficient (Wildman–Crippen LogP) is 2.09. The van der Waals surface area contributed by atoms with E-state index in [0.717, 1.165) is 0 Å². The molecule has 0 atom stereocenters. The number of rotatable bonds is 22. The van der Waals surface area contributed by atoms with Gasteiger partial charge in [0.05, 0.1) is 19.6 Å². The Morgan fingerprint density at radius 1 is 0.558 bits per heavy atom. The van der Waals surface area contributed by atoms with Gasteiger partial charge in [0.2, 0.25) is 11.5 Å². The molecule has 2 aromatic rings. The van der Waals surface area contributed by atoms with E-state index in [1.807, 2.05) is 13.8 Å². The van der Waals surface area contributed by atoms with Gasteiger partial charge in [0.25, 0.3) is 0 Å². The van der Waals surface area contributed by atoms with Gasteiger partial charge in [-0.05, 0) is 61.4 Å². The number of hydrogen-bond acceptors (Lipinski definition) is 12. The Kier molecular flexibility index (Phi) is 16.3. The van der Waals surface area contributed by atoms with Gasteiger partial charge in [-0.15, -0.1) is 0 Å². The predicted molar refractivity (Wildman–Crippen MR) is 166 cm³/mol. The first-order valence-electron chi connectivity index (χ1n) is 14.3. The second-order valence-electron chi connectivity index (χ2n) is 8.88. The maximum Gasteiger partial charge on any atom is 0.203 e. The lowest BCUT2D eigenvalue weighted by Crippen LogP contribution is -2.16. The molecular formula is C31H44N4O8. The van der Waals surface area contributed by atoms with Gasteiger partial charge in [0, 0.05) is 26.2 Å². The lowest BCUT2D eigenvalue weighted by Gasteiger charge is -2.17. The Morgan fingerprint density at radius 2 is 0.907 bits per heavy atom. The van der Waals surface area contributed by atoms with Crippen LogP contribution in [0.15, 0.2) is 36.4 Å². The summed E-state index contributed by atoms with van der Waals surface area (Å²) in [5.41, 5.74) is 23.6. The normalized spacial score (nSPS) is 11.1. The molecule has 0 aliphatic rings. The van der Waals surface area contributed by atoms with Gasteiger partial charge in [-0.2, -0.15) is 0 Å². The molecule has 0 amide bonds. The van der Waals surface area contributed by atoms with E-state index in [4.69, 9.17) is 51.4 Å². The average Bonchev–Trinajstić information content (AvgIpc) is 3.00. The fraction of sp³-hybridized carbons (Fsp3) is 0.419. The van der Waals surface area contributed by atoms with E-state index in [-0.39, 0.29) is 57.5 Å². The topological polar surface area (TPSA) is 194 Å². The van der Waals surface area contributed by atoms with Crippen molar-refractivity contribution in [2.75, 3.05) is 65.8 Å². The van der Waals surface area contributed by atoms with Crippen LogP contribution in [0.3, 0.4) is 0 Å². The van der Waals surface area contributed by atoms with Gasteiger partial charge < -0.3 is 51.4 Å². The Balaban J connectivity index is 2.21. The van der Waals surface area contributed by atoms with Crippen LogP contribution in [0.1, 0.15) is 31.4 Å². The number of nitrogens with two attached hydrogens (primary N) is 4. The molecule has 0 aliphatic heterocycles. The van der Waals surface area contributed by atoms with Gasteiger partial charge >= 0.3 is 0 Å². The molecule has 0 aliphatic carbocycles. The van der Waals surface area contributed by atoms with Crippen molar-refractivity contribution in [3.05, 3.63) is 47.5 Å². The molecule has 0 aromatic heterocycles. The van der Waals surface area contributed by atoms with E-state index in [2.05, 4.69) is 0 Å². The van der Waals surface area contributed by atoms with E-state index in [1.54, 1.807) is 36.4 Å². The molecule has 12 nitrogen and oxygen atoms in total. The number of ether oxygens (including phenoxy) is 6. The van der Waals surface area contributed by atoms with E-state index in [0.29, 0.717) is 71.9 Å². The minimum atomic E-state index is -0.388. The third-order valence-corrected chi connectivity index (χ3v) is 5.44. The Labute approximate surface area is 252 Å². The summed E-state index contributed by atoms with van der Waals surface area (Å²) < 4.78 is 34.4. The number of carbonyl (C=O) groups is 2. The molecule has 0 spiro atoms. The third kappa shape index (κ3) is 12.0. The van der Waals surface area contributed by atoms with Crippen molar-refractivity contribution < 1.29 is 38.0 Å². The SMILES string of the molecule is CCOc1cc(/C=C/C(=O)CC(=O)/C=C/c2cc(OCCN)c(OCCN)c(OCCN)c2)cc(OCCN)c1OCC. The molecule has 0 bridgehead atoms. The molecule has 8 N–H and O–H groups in total. The van der Waals surface area contributed by atoms with Crippen LogP contribution in [0, 0.1) is 0 Å². The van der Waals surface area contributed by atoms with Crippen LogP contribution >= 0.6 is 0 Å². The van der Waals surface area contributed by atoms with E-state index >= 15 is 0 Å². The van der Waals surface area contributed by atoms with Gasteiger partial charge in [-0.1, -0.05) is 12.2 Å². The van der Waals surface area contributed by atoms with Crippen molar-refractivity contribution in [1.82, 2.24) is 0 Å². The Hall–Kier alpha value is -4.10. The molecule has 236 valence electrons. The molecule has 0 heterocycles. The Bertz CT molecular complexity index is 1200. The van der Waals surface area contributed by atoms with Crippen molar-refractivity contribution in [3.63, 3.8) is 0 Å². The average molecular weight is 601 g/mol. The van der Waals surface area contributed by atoms with E-state index in [9.17, 15) is 9.59 Å². The molecule has 43 heavy (non-hydrogen) atoms. The van der Waals surface area contributed by atoms with Crippen LogP contribution in [0.2, 0.25) is 0 Å². The van der Waals surface area contributed by atoms with Crippen molar-refractivity contribution in [3.8, 4) is 34.5 Å². The highest BCUT2D eigenvalue weighted by Gasteiger charge is 2.16. The molecule has 2 rings (SSSR count). The van der Waals surface area contributed by atoms with Crippen LogP contribution in [0.4, 0.5) is 0 Å². The van der Waals surface area contributed by atoms with Gasteiger partial charge in [-0.25, -0.2) is 0 Å². The maximum atomic E-state index is 12.6. The Morgan fingerprint density at radius 3 is 1.28 bits per heavy atom. The van der Waals surface area contributed by atoms with Crippen LogP contribution < -0.4 is 51.4 Å². The van der Waals surface area contributed by atoms with Crippen LogP contribution in [0.25, 0.3) is 12.2 Å². The first-order valence-corrected chi connectivity index (χ1v) is 14.3. The van der Waals surface area contributed by atoms with Gasteiger partial charge in [0.15, 0.2) is 34.6 Å². The van der Waals surface area contributed by atoms with Crippen molar-refractivity contribution in [1.29, 1.82) is 0 Å². The van der Waals surface area contributed by atoms with E-state index in [1.165, 1.54) is 12.2 Å². The number of hydrogen-bond donors (Lipinski definition) is 4. The molecule has 0 unspecified atom stereocenters. The lowest BCUT2D eigenvalue weighted by molar-refractivity contribution is -0.121. The maximum absolute atomic E-state index is 12.6. The summed E-state index contributed by atoms with van der Waals surface area (Å²) in [5.74, 6) is 1.77. The van der Waals surface area contributed by atoms with Gasteiger partial charge in [-0.3, -0.25) is 9.59 Å². The van der Waals surface area contributed by atoms with Crippen molar-refractivity contribution in [2.24, 2.45) is 22.9 Å². The summed E-state index contributed by atoms with van der Waals surface area (Å²) in [5, 5.41) is 0. The second kappa shape index (κ2) is 19.9. The fourth-order valence-electron chi connectivity index (χ4n) is 3.74. The highest BCUT2D eigenvalue weighted by molar-refractivity contribution is 6.11. The zero-order valence-corrected chi connectivity index (χ0v) is 25.0. The van der Waals surface area contributed by atoms with E-state index < -0.39 is 0 Å². The number of carbonyl (C=O) groups excluding carboxylic acids is 2. The molecule has 0 radical (unpaired) electrons. The molecule has 12 heteroatoms. The smallest absolute Gasteiger partial charge is 0.203 e. The molecule has 0 saturated carbocycles. The first kappa shape index (κ1) is 35.1. The number of benzene rings is 2. The summed E-state index contributed by atoms with van der Waals surface area (Å²) >= 11 is 0. The lowest BCUT2D eigenvalue weighted by atomic mass is 10.1. The van der Waals surface area contributed by atoms with Crippen LogP contribution in [-0.2, 0) is 9.59 Å². The summed E-state index contributed by atoms with van der Waals surface area (Å²) in [6.07, 6.45) is 5.49. The third-order valence-electron chi connectivity index (χ3n) is 5.44. The summed E-state index contributed by atoms with van der Waals surface area (Å²) in [6, 6.07) is 6.85. The largest absolute Gasteiger partial charge is 0.490 e. The van der Waals surface area contributed by atoms with Crippen LogP contribution in [-0.4, -0.2) is 77.4 Å². The summed E-state index contributed by atoms with van der Waals surface area (Å²) in [6.45, 7) is 6.73. The minimum Gasteiger partial charge on any atom is -0.490 e. The molecule has 0 saturated heterocycles.